The van der Waals surface area contributed by atoms with Crippen molar-refractivity contribution < 1.29 is 9.53 Å². The molecule has 0 saturated heterocycles. The number of hydrogen-bond acceptors (Lipinski definition) is 2. The maximum atomic E-state index is 11.0. The number of benzene rings is 1. The zero-order chi connectivity index (χ0) is 9.97. The summed E-state index contributed by atoms with van der Waals surface area (Å²) >= 11 is 0. The average molecular weight is 190 g/mol. The van der Waals surface area contributed by atoms with Crippen LogP contribution in [-0.4, -0.2) is 12.4 Å². The topological polar surface area (TPSA) is 26.3 Å². The second-order valence-electron chi connectivity index (χ2n) is 3.90. The van der Waals surface area contributed by atoms with E-state index in [-0.39, 0.29) is 5.78 Å². The Labute approximate surface area is 83.9 Å². The van der Waals surface area contributed by atoms with Crippen molar-refractivity contribution in [3.63, 3.8) is 0 Å². The van der Waals surface area contributed by atoms with Crippen molar-refractivity contribution in [2.75, 3.05) is 6.61 Å². The smallest absolute Gasteiger partial charge is 0.130 e. The van der Waals surface area contributed by atoms with Crippen molar-refractivity contribution in [2.45, 2.75) is 19.8 Å². The first-order chi connectivity index (χ1) is 6.75. The average Bonchev–Trinajstić information content (AvgIpc) is 2.17. The van der Waals surface area contributed by atoms with E-state index in [4.69, 9.17) is 4.74 Å². The van der Waals surface area contributed by atoms with E-state index in [1.165, 1.54) is 5.56 Å². The molecule has 0 fully saturated rings. The van der Waals surface area contributed by atoms with Crippen LogP contribution in [0.3, 0.4) is 0 Å². The van der Waals surface area contributed by atoms with Crippen molar-refractivity contribution in [3.8, 4) is 5.75 Å². The summed E-state index contributed by atoms with van der Waals surface area (Å²) in [5, 5.41) is 0. The minimum absolute atomic E-state index is 0.248. The molecule has 1 heterocycles. The first-order valence-corrected chi connectivity index (χ1v) is 4.96. The summed E-state index contributed by atoms with van der Waals surface area (Å²) in [4.78, 5) is 11.0. The quantitative estimate of drug-likeness (QED) is 0.714. The van der Waals surface area contributed by atoms with E-state index in [9.17, 15) is 4.79 Å². The maximum absolute atomic E-state index is 11.0. The summed E-state index contributed by atoms with van der Waals surface area (Å²) < 4.78 is 5.58. The molecular formula is C12H14O2. The Morgan fingerprint density at radius 2 is 2.29 bits per heavy atom. The molecule has 0 radical (unpaired) electrons. The van der Waals surface area contributed by atoms with Crippen LogP contribution in [0.2, 0.25) is 0 Å². The fourth-order valence-electron chi connectivity index (χ4n) is 1.93. The van der Waals surface area contributed by atoms with E-state index in [2.05, 4.69) is 6.07 Å². The number of ketones is 1. The highest BCUT2D eigenvalue weighted by molar-refractivity contribution is 5.75. The highest BCUT2D eigenvalue weighted by atomic mass is 16.5. The number of carbonyl (C=O) groups excluding carboxylic acids is 1. The summed E-state index contributed by atoms with van der Waals surface area (Å²) in [6.45, 7) is 2.32. The van der Waals surface area contributed by atoms with Crippen LogP contribution in [0.25, 0.3) is 0 Å². The predicted molar refractivity (Wildman–Crippen MR) is 54.4 cm³/mol. The van der Waals surface area contributed by atoms with Crippen molar-refractivity contribution in [1.82, 2.24) is 0 Å². The molecule has 0 N–H and O–H groups in total. The van der Waals surface area contributed by atoms with Gasteiger partial charge in [-0.2, -0.15) is 0 Å². The van der Waals surface area contributed by atoms with Gasteiger partial charge in [0.15, 0.2) is 0 Å². The van der Waals surface area contributed by atoms with Crippen molar-refractivity contribution in [1.29, 1.82) is 0 Å². The number of ether oxygens (including phenoxy) is 1. The van der Waals surface area contributed by atoms with Gasteiger partial charge in [0, 0.05) is 12.3 Å². The monoisotopic (exact) mass is 190 g/mol. The standard InChI is InChI=1S/C12H14O2/c1-9(13)6-10-7-11-4-2-3-5-12(11)14-8-10/h2-5,10H,6-8H2,1H3. The molecule has 74 valence electrons. The number of rotatable bonds is 2. The molecule has 1 unspecified atom stereocenters. The minimum Gasteiger partial charge on any atom is -0.493 e. The lowest BCUT2D eigenvalue weighted by Gasteiger charge is -2.24. The molecule has 2 nitrogen and oxygen atoms in total. The molecule has 2 heteroatoms. The Hall–Kier alpha value is -1.31. The molecule has 0 bridgehead atoms. The summed E-state index contributed by atoms with van der Waals surface area (Å²) in [6.07, 6.45) is 1.60. The molecule has 14 heavy (non-hydrogen) atoms. The van der Waals surface area contributed by atoms with Gasteiger partial charge in [-0.25, -0.2) is 0 Å². The molecule has 1 aromatic rings. The fraction of sp³-hybridized carbons (Fsp3) is 0.417. The molecule has 0 spiro atoms. The van der Waals surface area contributed by atoms with Gasteiger partial charge < -0.3 is 9.53 Å². The van der Waals surface area contributed by atoms with Crippen molar-refractivity contribution in [3.05, 3.63) is 29.8 Å². The minimum atomic E-state index is 0.248. The summed E-state index contributed by atoms with van der Waals surface area (Å²) in [5.41, 5.74) is 1.23. The van der Waals surface area contributed by atoms with Gasteiger partial charge in [-0.1, -0.05) is 18.2 Å². The highest BCUT2D eigenvalue weighted by Crippen LogP contribution is 2.28. The van der Waals surface area contributed by atoms with Crippen molar-refractivity contribution >= 4 is 5.78 Å². The van der Waals surface area contributed by atoms with E-state index >= 15 is 0 Å². The lowest BCUT2D eigenvalue weighted by molar-refractivity contribution is -0.118. The molecule has 1 aliphatic heterocycles. The summed E-state index contributed by atoms with van der Waals surface area (Å²) in [5.74, 6) is 1.59. The first-order valence-electron chi connectivity index (χ1n) is 4.96. The highest BCUT2D eigenvalue weighted by Gasteiger charge is 2.20. The summed E-state index contributed by atoms with van der Waals surface area (Å²) in [7, 11) is 0. The van der Waals surface area contributed by atoms with Crippen molar-refractivity contribution in [2.24, 2.45) is 5.92 Å². The van der Waals surface area contributed by atoms with Crippen LogP contribution in [0.5, 0.6) is 5.75 Å². The zero-order valence-corrected chi connectivity index (χ0v) is 8.32. The van der Waals surface area contributed by atoms with Gasteiger partial charge in [0.2, 0.25) is 0 Å². The van der Waals surface area contributed by atoms with Crippen LogP contribution in [0, 0.1) is 5.92 Å². The van der Waals surface area contributed by atoms with Crippen LogP contribution in [0.15, 0.2) is 24.3 Å². The number of hydrogen-bond donors (Lipinski definition) is 0. The molecule has 0 saturated carbocycles. The normalized spacial score (nSPS) is 19.6. The van der Waals surface area contributed by atoms with Gasteiger partial charge >= 0.3 is 0 Å². The number of para-hydroxylation sites is 1. The lowest BCUT2D eigenvalue weighted by atomic mass is 9.93. The second kappa shape index (κ2) is 3.82. The molecule has 0 aliphatic carbocycles. The van der Waals surface area contributed by atoms with Crippen LogP contribution in [0.4, 0.5) is 0 Å². The van der Waals surface area contributed by atoms with Gasteiger partial charge in [-0.15, -0.1) is 0 Å². The Morgan fingerprint density at radius 1 is 1.50 bits per heavy atom. The Kier molecular flexibility index (Phi) is 2.53. The van der Waals surface area contributed by atoms with E-state index < -0.39 is 0 Å². The first kappa shape index (κ1) is 9.25. The Morgan fingerprint density at radius 3 is 3.07 bits per heavy atom. The third kappa shape index (κ3) is 1.95. The SMILES string of the molecule is CC(=O)CC1COc2ccccc2C1. The molecule has 0 aromatic heterocycles. The maximum Gasteiger partial charge on any atom is 0.130 e. The molecule has 0 amide bonds. The number of Topliss-reactive ketones (excluding diaryl/α,β-unsaturated/α-hetero) is 1. The predicted octanol–water partition coefficient (Wildman–Crippen LogP) is 2.22. The van der Waals surface area contributed by atoms with Gasteiger partial charge in [0.25, 0.3) is 0 Å². The third-order valence-corrected chi connectivity index (χ3v) is 2.53. The molecular weight excluding hydrogens is 176 g/mol. The van der Waals surface area contributed by atoms with E-state index in [0.29, 0.717) is 18.9 Å². The van der Waals surface area contributed by atoms with Crippen LogP contribution in [-0.2, 0) is 11.2 Å². The van der Waals surface area contributed by atoms with E-state index in [1.807, 2.05) is 18.2 Å². The van der Waals surface area contributed by atoms with Gasteiger partial charge in [-0.3, -0.25) is 0 Å². The van der Waals surface area contributed by atoms with Gasteiger partial charge in [0.05, 0.1) is 6.61 Å². The summed E-state index contributed by atoms with van der Waals surface area (Å²) in [6, 6.07) is 8.05. The zero-order valence-electron chi connectivity index (χ0n) is 8.32. The molecule has 2 rings (SSSR count). The second-order valence-corrected chi connectivity index (χ2v) is 3.90. The Balaban J connectivity index is 2.09. The Bertz CT molecular complexity index is 344. The van der Waals surface area contributed by atoms with Crippen LogP contribution < -0.4 is 4.74 Å². The largest absolute Gasteiger partial charge is 0.493 e. The van der Waals surface area contributed by atoms with Crippen LogP contribution >= 0.6 is 0 Å². The molecule has 1 aliphatic rings. The van der Waals surface area contributed by atoms with E-state index in [1.54, 1.807) is 6.92 Å². The van der Waals surface area contributed by atoms with E-state index in [0.717, 1.165) is 12.2 Å². The fourth-order valence-corrected chi connectivity index (χ4v) is 1.93. The molecule has 1 aromatic carbocycles. The van der Waals surface area contributed by atoms with Gasteiger partial charge in [-0.05, 0) is 25.0 Å². The third-order valence-electron chi connectivity index (χ3n) is 2.53. The van der Waals surface area contributed by atoms with Crippen LogP contribution in [0.1, 0.15) is 18.9 Å². The van der Waals surface area contributed by atoms with Gasteiger partial charge in [0.1, 0.15) is 11.5 Å². The molecule has 1 atom stereocenters. The lowest BCUT2D eigenvalue weighted by Crippen LogP contribution is -2.22. The number of carbonyl (C=O) groups is 1. The number of fused-ring (bicyclic) bond motifs is 1.